The summed E-state index contributed by atoms with van der Waals surface area (Å²) in [7, 11) is 0.708. The molecule has 0 spiro atoms. The van der Waals surface area contributed by atoms with Gasteiger partial charge in [0, 0.05) is 44.4 Å². The number of nitrogens with one attached hydrogen (secondary N) is 2. The van der Waals surface area contributed by atoms with Crippen molar-refractivity contribution in [3.8, 4) is 0 Å². The van der Waals surface area contributed by atoms with E-state index in [0.29, 0.717) is 18.5 Å². The smallest absolute Gasteiger partial charge is 0.259 e. The van der Waals surface area contributed by atoms with Gasteiger partial charge in [0.2, 0.25) is 0 Å². The molecule has 0 aliphatic carbocycles. The lowest BCUT2D eigenvalue weighted by molar-refractivity contribution is 0.686. The van der Waals surface area contributed by atoms with Crippen molar-refractivity contribution in [3.05, 3.63) is 82.7 Å². The van der Waals surface area contributed by atoms with Crippen molar-refractivity contribution in [1.29, 1.82) is 0 Å². The number of pyridine rings is 1. The van der Waals surface area contributed by atoms with Gasteiger partial charge in [0.15, 0.2) is 0 Å². The van der Waals surface area contributed by atoms with E-state index < -0.39 is 10.8 Å². The minimum atomic E-state index is -1.11. The first-order chi connectivity index (χ1) is 17.8. The lowest BCUT2D eigenvalue weighted by atomic mass is 10.00. The molecule has 0 radical (unpaired) electrons. The molecule has 9 heteroatoms. The van der Waals surface area contributed by atoms with Gasteiger partial charge in [0.25, 0.3) is 5.56 Å². The summed E-state index contributed by atoms with van der Waals surface area (Å²) in [6.07, 6.45) is 5.23. The van der Waals surface area contributed by atoms with E-state index in [0.717, 1.165) is 45.4 Å². The van der Waals surface area contributed by atoms with Crippen LogP contribution >= 0.6 is 0 Å². The maximum Gasteiger partial charge on any atom is 0.259 e. The Balaban J connectivity index is 1.65. The molecule has 0 saturated heterocycles. The molecule has 0 aliphatic rings. The number of hydrogen-bond donors (Lipinski definition) is 2. The van der Waals surface area contributed by atoms with E-state index in [-0.39, 0.29) is 11.6 Å². The molecule has 8 nitrogen and oxygen atoms in total. The van der Waals surface area contributed by atoms with Crippen LogP contribution in [0.4, 0.5) is 17.2 Å². The van der Waals surface area contributed by atoms with Crippen LogP contribution in [0.15, 0.2) is 70.6 Å². The maximum absolute atomic E-state index is 13.4. The molecule has 37 heavy (non-hydrogen) atoms. The number of aromatic nitrogens is 3. The Hall–Kier alpha value is -3.72. The van der Waals surface area contributed by atoms with Gasteiger partial charge >= 0.3 is 0 Å². The summed E-state index contributed by atoms with van der Waals surface area (Å²) in [5.41, 5.74) is 2.68. The second-order valence-electron chi connectivity index (χ2n) is 9.02. The van der Waals surface area contributed by atoms with Crippen molar-refractivity contribution >= 4 is 38.8 Å². The predicted molar refractivity (Wildman–Crippen MR) is 153 cm³/mol. The van der Waals surface area contributed by atoms with E-state index in [4.69, 9.17) is 0 Å². The molecule has 0 saturated carbocycles. The van der Waals surface area contributed by atoms with Gasteiger partial charge in [-0.15, -0.1) is 0 Å². The largest absolute Gasteiger partial charge is 0.381 e. The molecule has 1 unspecified atom stereocenters. The number of nitrogens with zero attached hydrogens (tertiary/aromatic N) is 4. The lowest BCUT2D eigenvalue weighted by Crippen LogP contribution is -2.34. The standard InChI is InChI=1S/C28H34N6O2S/c1-6-34(15-14-29-21-17-30-20(3)31-18-21)27-16-24-22(10-9-11-23(24)28(35)33(27)4)19(2)32-25-12-7-8-13-26(25)37(5)36/h7-13,16-19,29,32H,6,14-15H2,1-5H3/t19-,37?/m1/s1. The highest BCUT2D eigenvalue weighted by atomic mass is 32.2. The van der Waals surface area contributed by atoms with Gasteiger partial charge in [0.1, 0.15) is 11.6 Å². The lowest BCUT2D eigenvalue weighted by Gasteiger charge is -2.27. The summed E-state index contributed by atoms with van der Waals surface area (Å²) >= 11 is 0. The molecule has 0 fully saturated rings. The zero-order valence-corrected chi connectivity index (χ0v) is 22.8. The molecule has 4 aromatic rings. The number of benzene rings is 2. The van der Waals surface area contributed by atoms with Gasteiger partial charge in [-0.3, -0.25) is 13.6 Å². The van der Waals surface area contributed by atoms with E-state index in [2.05, 4.69) is 45.4 Å². The van der Waals surface area contributed by atoms with Crippen molar-refractivity contribution in [2.45, 2.75) is 31.7 Å². The van der Waals surface area contributed by atoms with Crippen molar-refractivity contribution < 1.29 is 4.21 Å². The predicted octanol–water partition coefficient (Wildman–Crippen LogP) is 4.49. The molecular formula is C28H34N6O2S. The van der Waals surface area contributed by atoms with E-state index in [1.165, 1.54) is 0 Å². The molecule has 2 N–H and O–H groups in total. The first-order valence-corrected chi connectivity index (χ1v) is 13.9. The van der Waals surface area contributed by atoms with Gasteiger partial charge in [-0.25, -0.2) is 9.97 Å². The van der Waals surface area contributed by atoms with Gasteiger partial charge in [-0.1, -0.05) is 24.3 Å². The molecular weight excluding hydrogens is 484 g/mol. The van der Waals surface area contributed by atoms with Crippen molar-refractivity contribution in [2.24, 2.45) is 7.05 Å². The van der Waals surface area contributed by atoms with Gasteiger partial charge in [0.05, 0.1) is 39.5 Å². The maximum atomic E-state index is 13.4. The molecule has 4 rings (SSSR count). The van der Waals surface area contributed by atoms with Crippen LogP contribution in [-0.2, 0) is 17.8 Å². The average Bonchev–Trinajstić information content (AvgIpc) is 2.90. The van der Waals surface area contributed by atoms with Crippen LogP contribution in [0.3, 0.4) is 0 Å². The third-order valence-electron chi connectivity index (χ3n) is 6.52. The molecule has 2 aromatic heterocycles. The van der Waals surface area contributed by atoms with Crippen molar-refractivity contribution in [1.82, 2.24) is 14.5 Å². The third kappa shape index (κ3) is 5.83. The number of aryl methyl sites for hydroxylation is 1. The summed E-state index contributed by atoms with van der Waals surface area (Å²) in [4.78, 5) is 24.8. The summed E-state index contributed by atoms with van der Waals surface area (Å²) in [6.45, 7) is 8.13. The van der Waals surface area contributed by atoms with Crippen molar-refractivity contribution in [2.75, 3.05) is 41.4 Å². The zero-order valence-electron chi connectivity index (χ0n) is 22.0. The highest BCUT2D eigenvalue weighted by molar-refractivity contribution is 7.84. The number of rotatable bonds is 10. The Morgan fingerprint density at radius 1 is 1.08 bits per heavy atom. The van der Waals surface area contributed by atoms with Gasteiger partial charge in [-0.05, 0) is 56.0 Å². The molecule has 0 amide bonds. The summed E-state index contributed by atoms with van der Waals surface area (Å²) < 4.78 is 14.0. The van der Waals surface area contributed by atoms with Crippen LogP contribution in [0.2, 0.25) is 0 Å². The summed E-state index contributed by atoms with van der Waals surface area (Å²) in [6, 6.07) is 15.5. The van der Waals surface area contributed by atoms with E-state index in [1.807, 2.05) is 56.4 Å². The minimum absolute atomic E-state index is 0.0324. The Morgan fingerprint density at radius 2 is 1.81 bits per heavy atom. The zero-order chi connectivity index (χ0) is 26.5. The fraction of sp³-hybridized carbons (Fsp3) is 0.321. The van der Waals surface area contributed by atoms with E-state index in [9.17, 15) is 9.00 Å². The van der Waals surface area contributed by atoms with Crippen LogP contribution in [-0.4, -0.2) is 44.6 Å². The fourth-order valence-electron chi connectivity index (χ4n) is 4.52. The van der Waals surface area contributed by atoms with E-state index >= 15 is 0 Å². The minimum Gasteiger partial charge on any atom is -0.381 e. The fourth-order valence-corrected chi connectivity index (χ4v) is 5.23. The Kier molecular flexibility index (Phi) is 8.23. The Labute approximate surface area is 220 Å². The second-order valence-corrected chi connectivity index (χ2v) is 10.4. The van der Waals surface area contributed by atoms with Crippen LogP contribution < -0.4 is 21.1 Å². The monoisotopic (exact) mass is 518 g/mol. The molecule has 2 atom stereocenters. The summed E-state index contributed by atoms with van der Waals surface area (Å²) in [5, 5.41) is 8.46. The first-order valence-electron chi connectivity index (χ1n) is 12.4. The van der Waals surface area contributed by atoms with E-state index in [1.54, 1.807) is 23.2 Å². The molecule has 2 aromatic carbocycles. The quantitative estimate of drug-likeness (QED) is 0.320. The Morgan fingerprint density at radius 3 is 2.51 bits per heavy atom. The normalized spacial score (nSPS) is 12.8. The molecule has 0 aliphatic heterocycles. The highest BCUT2D eigenvalue weighted by Crippen LogP contribution is 2.30. The average molecular weight is 519 g/mol. The van der Waals surface area contributed by atoms with Crippen LogP contribution in [0.25, 0.3) is 10.8 Å². The summed E-state index contributed by atoms with van der Waals surface area (Å²) in [5.74, 6) is 1.59. The topological polar surface area (TPSA) is 92.2 Å². The van der Waals surface area contributed by atoms with Crippen LogP contribution in [0.5, 0.6) is 0 Å². The number of anilines is 3. The molecule has 0 bridgehead atoms. The number of para-hydroxylation sites is 1. The van der Waals surface area contributed by atoms with Crippen LogP contribution in [0, 0.1) is 6.92 Å². The number of hydrogen-bond acceptors (Lipinski definition) is 7. The van der Waals surface area contributed by atoms with Crippen molar-refractivity contribution in [3.63, 3.8) is 0 Å². The van der Waals surface area contributed by atoms with Gasteiger partial charge in [-0.2, -0.15) is 0 Å². The van der Waals surface area contributed by atoms with Gasteiger partial charge < -0.3 is 15.5 Å². The number of likely N-dealkylation sites (N-methyl/N-ethyl adjacent to an activating group) is 1. The third-order valence-corrected chi connectivity index (χ3v) is 7.50. The highest BCUT2D eigenvalue weighted by Gasteiger charge is 2.17. The molecule has 194 valence electrons. The SMILES string of the molecule is CCN(CCNc1cnc(C)nc1)c1cc2c([C@@H](C)Nc3ccccc3S(C)=O)cccc2c(=O)n1C. The molecule has 2 heterocycles. The van der Waals surface area contributed by atoms with Crippen LogP contribution in [0.1, 0.15) is 31.3 Å². The second kappa shape index (κ2) is 11.6. The Bertz CT molecular complexity index is 1470. The number of fused-ring (bicyclic) bond motifs is 1. The first kappa shape index (κ1) is 26.3.